The zero-order chi connectivity index (χ0) is 18.5. The van der Waals surface area contributed by atoms with Gasteiger partial charge in [-0.1, -0.05) is 5.57 Å². The molecule has 2 fully saturated rings. The monoisotopic (exact) mass is 357 g/mol. The number of amides is 1. The molecule has 2 aliphatic heterocycles. The maximum atomic E-state index is 12.3. The number of allylic oxidation sites excluding steroid dienone is 1. The molecule has 26 heavy (non-hydrogen) atoms. The van der Waals surface area contributed by atoms with Gasteiger partial charge in [-0.25, -0.2) is 0 Å². The van der Waals surface area contributed by atoms with Crippen LogP contribution in [-0.2, 0) is 4.79 Å². The lowest BCUT2D eigenvalue weighted by molar-refractivity contribution is -0.128. The van der Waals surface area contributed by atoms with Crippen molar-refractivity contribution in [1.29, 1.82) is 0 Å². The van der Waals surface area contributed by atoms with Crippen molar-refractivity contribution in [2.75, 3.05) is 51.3 Å². The standard InChI is InChI=1S/C21H31N3O2/c1-17(2)15-21(25)24-10-4-5-19(16-24)23-13-11-22(12-14-23)18-6-8-20(26-3)9-7-18/h6-9,15,19H,4-5,10-14,16H2,1-3H3/t19-/m0/s1. The molecular weight excluding hydrogens is 326 g/mol. The number of ether oxygens (including phenoxy) is 1. The zero-order valence-electron chi connectivity index (χ0n) is 16.3. The SMILES string of the molecule is COc1ccc(N2CCN([C@H]3CCCN(C(=O)C=C(C)C)C3)CC2)cc1. The fourth-order valence-corrected chi connectivity index (χ4v) is 3.93. The van der Waals surface area contributed by atoms with E-state index in [2.05, 4.69) is 21.9 Å². The van der Waals surface area contributed by atoms with Gasteiger partial charge in [0.05, 0.1) is 7.11 Å². The Morgan fingerprint density at radius 3 is 2.38 bits per heavy atom. The van der Waals surface area contributed by atoms with Gasteiger partial charge in [0, 0.05) is 57.1 Å². The second kappa shape index (κ2) is 8.58. The van der Waals surface area contributed by atoms with Crippen LogP contribution in [0.2, 0.25) is 0 Å². The average molecular weight is 357 g/mol. The number of hydrogen-bond acceptors (Lipinski definition) is 4. The number of hydrogen-bond donors (Lipinski definition) is 0. The van der Waals surface area contributed by atoms with Gasteiger partial charge in [-0.3, -0.25) is 9.69 Å². The number of piperazine rings is 1. The molecule has 142 valence electrons. The number of carbonyl (C=O) groups is 1. The Hall–Kier alpha value is -2.01. The van der Waals surface area contributed by atoms with Gasteiger partial charge in [0.2, 0.25) is 5.91 Å². The first-order valence-electron chi connectivity index (χ1n) is 9.63. The second-order valence-corrected chi connectivity index (χ2v) is 7.52. The summed E-state index contributed by atoms with van der Waals surface area (Å²) in [5, 5.41) is 0. The third-order valence-electron chi connectivity index (χ3n) is 5.39. The summed E-state index contributed by atoms with van der Waals surface area (Å²) in [7, 11) is 1.70. The fourth-order valence-electron chi connectivity index (χ4n) is 3.93. The van der Waals surface area contributed by atoms with E-state index in [1.54, 1.807) is 13.2 Å². The van der Waals surface area contributed by atoms with Crippen molar-refractivity contribution in [2.24, 2.45) is 0 Å². The van der Waals surface area contributed by atoms with Crippen LogP contribution in [0.25, 0.3) is 0 Å². The summed E-state index contributed by atoms with van der Waals surface area (Å²) >= 11 is 0. The van der Waals surface area contributed by atoms with E-state index < -0.39 is 0 Å². The van der Waals surface area contributed by atoms with Crippen LogP contribution in [0.4, 0.5) is 5.69 Å². The number of nitrogens with zero attached hydrogens (tertiary/aromatic N) is 3. The predicted molar refractivity (Wildman–Crippen MR) is 106 cm³/mol. The number of rotatable bonds is 4. The number of likely N-dealkylation sites (tertiary alicyclic amines) is 1. The van der Waals surface area contributed by atoms with Crippen LogP contribution in [0.5, 0.6) is 5.75 Å². The Morgan fingerprint density at radius 2 is 1.77 bits per heavy atom. The zero-order valence-corrected chi connectivity index (χ0v) is 16.3. The minimum absolute atomic E-state index is 0.173. The summed E-state index contributed by atoms with van der Waals surface area (Å²) in [6.07, 6.45) is 4.07. The first-order chi connectivity index (χ1) is 12.6. The van der Waals surface area contributed by atoms with Crippen molar-refractivity contribution >= 4 is 11.6 Å². The highest BCUT2D eigenvalue weighted by atomic mass is 16.5. The fraction of sp³-hybridized carbons (Fsp3) is 0.571. The van der Waals surface area contributed by atoms with Crippen molar-refractivity contribution in [3.8, 4) is 5.75 Å². The number of carbonyl (C=O) groups excluding carboxylic acids is 1. The van der Waals surface area contributed by atoms with Crippen LogP contribution in [-0.4, -0.2) is 68.1 Å². The molecular formula is C21H31N3O2. The normalized spacial score (nSPS) is 21.4. The van der Waals surface area contributed by atoms with Crippen LogP contribution < -0.4 is 9.64 Å². The van der Waals surface area contributed by atoms with Crippen molar-refractivity contribution < 1.29 is 9.53 Å². The van der Waals surface area contributed by atoms with Crippen molar-refractivity contribution in [3.63, 3.8) is 0 Å². The average Bonchev–Trinajstić information content (AvgIpc) is 2.68. The maximum Gasteiger partial charge on any atom is 0.246 e. The Kier molecular flexibility index (Phi) is 6.20. The lowest BCUT2D eigenvalue weighted by atomic mass is 10.0. The van der Waals surface area contributed by atoms with Gasteiger partial charge < -0.3 is 14.5 Å². The van der Waals surface area contributed by atoms with Crippen LogP contribution in [0.3, 0.4) is 0 Å². The van der Waals surface area contributed by atoms with Gasteiger partial charge in [0.25, 0.3) is 0 Å². The molecule has 1 atom stereocenters. The van der Waals surface area contributed by atoms with Crippen LogP contribution in [0.15, 0.2) is 35.9 Å². The van der Waals surface area contributed by atoms with E-state index in [-0.39, 0.29) is 5.91 Å². The van der Waals surface area contributed by atoms with Gasteiger partial charge in [-0.15, -0.1) is 0 Å². The Bertz CT molecular complexity index is 629. The molecule has 0 bridgehead atoms. The molecule has 0 aromatic heterocycles. The van der Waals surface area contributed by atoms with Crippen molar-refractivity contribution in [1.82, 2.24) is 9.80 Å². The molecule has 2 saturated heterocycles. The summed E-state index contributed by atoms with van der Waals surface area (Å²) < 4.78 is 5.24. The van der Waals surface area contributed by atoms with E-state index in [1.165, 1.54) is 12.1 Å². The van der Waals surface area contributed by atoms with E-state index in [1.807, 2.05) is 30.9 Å². The van der Waals surface area contributed by atoms with Gasteiger partial charge in [0.15, 0.2) is 0 Å². The summed E-state index contributed by atoms with van der Waals surface area (Å²) in [6.45, 7) is 9.91. The number of piperidine rings is 1. The van der Waals surface area contributed by atoms with Gasteiger partial charge in [-0.05, 0) is 51.0 Å². The molecule has 0 saturated carbocycles. The van der Waals surface area contributed by atoms with E-state index in [0.29, 0.717) is 6.04 Å². The molecule has 1 aromatic rings. The molecule has 2 aliphatic rings. The molecule has 1 amide bonds. The Morgan fingerprint density at radius 1 is 1.08 bits per heavy atom. The van der Waals surface area contributed by atoms with Crippen LogP contribution >= 0.6 is 0 Å². The first kappa shape index (κ1) is 18.8. The highest BCUT2D eigenvalue weighted by Crippen LogP contribution is 2.23. The highest BCUT2D eigenvalue weighted by molar-refractivity contribution is 5.88. The van der Waals surface area contributed by atoms with Gasteiger partial charge in [-0.2, -0.15) is 0 Å². The van der Waals surface area contributed by atoms with Crippen molar-refractivity contribution in [2.45, 2.75) is 32.7 Å². The van der Waals surface area contributed by atoms with Crippen LogP contribution in [0, 0.1) is 0 Å². The number of anilines is 1. The van der Waals surface area contributed by atoms with Crippen molar-refractivity contribution in [3.05, 3.63) is 35.9 Å². The molecule has 0 aliphatic carbocycles. The maximum absolute atomic E-state index is 12.3. The smallest absolute Gasteiger partial charge is 0.246 e. The minimum Gasteiger partial charge on any atom is -0.497 e. The molecule has 2 heterocycles. The van der Waals surface area contributed by atoms with Crippen LogP contribution in [0.1, 0.15) is 26.7 Å². The number of benzene rings is 1. The quantitative estimate of drug-likeness (QED) is 0.777. The largest absolute Gasteiger partial charge is 0.497 e. The highest BCUT2D eigenvalue weighted by Gasteiger charge is 2.29. The topological polar surface area (TPSA) is 36.0 Å². The molecule has 3 rings (SSSR count). The molecule has 0 spiro atoms. The molecule has 5 nitrogen and oxygen atoms in total. The Labute approximate surface area is 157 Å². The van der Waals surface area contributed by atoms with Gasteiger partial charge >= 0.3 is 0 Å². The predicted octanol–water partition coefficient (Wildman–Crippen LogP) is 2.77. The number of methoxy groups -OCH3 is 1. The minimum atomic E-state index is 0.173. The van der Waals surface area contributed by atoms with E-state index in [0.717, 1.165) is 57.0 Å². The summed E-state index contributed by atoms with van der Waals surface area (Å²) in [4.78, 5) is 19.4. The summed E-state index contributed by atoms with van der Waals surface area (Å²) in [5.41, 5.74) is 2.33. The molecule has 0 unspecified atom stereocenters. The third-order valence-corrected chi connectivity index (χ3v) is 5.39. The first-order valence-corrected chi connectivity index (χ1v) is 9.63. The lowest BCUT2D eigenvalue weighted by Crippen LogP contribution is -2.55. The van der Waals surface area contributed by atoms with E-state index in [4.69, 9.17) is 4.74 Å². The lowest BCUT2D eigenvalue weighted by Gasteiger charge is -2.43. The molecule has 0 N–H and O–H groups in total. The third kappa shape index (κ3) is 4.58. The van der Waals surface area contributed by atoms with Gasteiger partial charge in [0.1, 0.15) is 5.75 Å². The Balaban J connectivity index is 1.54. The summed E-state index contributed by atoms with van der Waals surface area (Å²) in [6, 6.07) is 8.81. The molecule has 1 aromatic carbocycles. The summed E-state index contributed by atoms with van der Waals surface area (Å²) in [5.74, 6) is 1.07. The molecule has 5 heteroatoms. The van der Waals surface area contributed by atoms with E-state index >= 15 is 0 Å². The molecule has 0 radical (unpaired) electrons. The second-order valence-electron chi connectivity index (χ2n) is 7.52. The van der Waals surface area contributed by atoms with E-state index in [9.17, 15) is 4.79 Å².